The highest BCUT2D eigenvalue weighted by molar-refractivity contribution is 5.50. The van der Waals surface area contributed by atoms with Crippen molar-refractivity contribution >= 4 is 12.2 Å². The summed E-state index contributed by atoms with van der Waals surface area (Å²) in [4.78, 5) is 19.6. The van der Waals surface area contributed by atoms with Gasteiger partial charge in [0.15, 0.2) is 0 Å². The minimum absolute atomic E-state index is 0.223. The van der Waals surface area contributed by atoms with Crippen molar-refractivity contribution in [2.45, 2.75) is 32.7 Å². The topological polar surface area (TPSA) is 36.4 Å². The molecule has 1 fully saturated rings. The maximum absolute atomic E-state index is 11.0. The quantitative estimate of drug-likeness (QED) is 0.749. The second-order valence-corrected chi connectivity index (χ2v) is 4.62. The van der Waals surface area contributed by atoms with Crippen LogP contribution in [0.3, 0.4) is 0 Å². The fourth-order valence-electron chi connectivity index (χ4n) is 2.60. The van der Waals surface area contributed by atoms with E-state index in [1.165, 1.54) is 0 Å². The Morgan fingerprint density at radius 2 is 2.22 bits per heavy atom. The van der Waals surface area contributed by atoms with Crippen LogP contribution in [0.15, 0.2) is 18.3 Å². The molecule has 0 aromatic carbocycles. The molecule has 0 saturated carbocycles. The molecule has 1 aromatic heterocycles. The van der Waals surface area contributed by atoms with Gasteiger partial charge in [-0.25, -0.2) is 4.98 Å². The average molecular weight is 247 g/mol. The molecule has 1 atom stereocenters. The maximum Gasteiger partial charge on any atom is 0.210 e. The first kappa shape index (κ1) is 12.9. The third-order valence-corrected chi connectivity index (χ3v) is 3.67. The van der Waals surface area contributed by atoms with Gasteiger partial charge < -0.3 is 9.80 Å². The lowest BCUT2D eigenvalue weighted by molar-refractivity contribution is -0.118. The number of likely N-dealkylation sites (tertiary alicyclic amines) is 1. The summed E-state index contributed by atoms with van der Waals surface area (Å²) < 4.78 is 0. The van der Waals surface area contributed by atoms with E-state index in [0.29, 0.717) is 0 Å². The minimum Gasteiger partial charge on any atom is -0.357 e. The number of rotatable bonds is 5. The van der Waals surface area contributed by atoms with Gasteiger partial charge in [0.2, 0.25) is 6.41 Å². The number of hydrogen-bond acceptors (Lipinski definition) is 3. The van der Waals surface area contributed by atoms with Gasteiger partial charge >= 0.3 is 0 Å². The van der Waals surface area contributed by atoms with E-state index in [2.05, 4.69) is 35.9 Å². The van der Waals surface area contributed by atoms with Gasteiger partial charge in [-0.1, -0.05) is 6.07 Å². The Labute approximate surface area is 109 Å². The molecule has 4 heteroatoms. The molecule has 0 N–H and O–H groups in total. The predicted molar refractivity (Wildman–Crippen MR) is 72.5 cm³/mol. The number of pyridine rings is 1. The number of amides is 1. The fraction of sp³-hybridized carbons (Fsp3) is 0.571. The van der Waals surface area contributed by atoms with Crippen molar-refractivity contribution in [1.29, 1.82) is 0 Å². The van der Waals surface area contributed by atoms with Crippen LogP contribution in [0.4, 0.5) is 5.82 Å². The predicted octanol–water partition coefficient (Wildman–Crippen LogP) is 2.22. The molecule has 0 spiro atoms. The van der Waals surface area contributed by atoms with Crippen LogP contribution in [0, 0.1) is 0 Å². The second kappa shape index (κ2) is 5.85. The average Bonchev–Trinajstić information content (AvgIpc) is 2.89. The van der Waals surface area contributed by atoms with E-state index in [0.717, 1.165) is 50.3 Å². The number of aromatic nitrogens is 1. The van der Waals surface area contributed by atoms with Gasteiger partial charge in [-0.05, 0) is 38.3 Å². The van der Waals surface area contributed by atoms with Crippen LogP contribution in [0.25, 0.3) is 0 Å². The molecule has 0 aliphatic carbocycles. The van der Waals surface area contributed by atoms with E-state index < -0.39 is 0 Å². The highest BCUT2D eigenvalue weighted by Gasteiger charge is 2.24. The number of carbonyl (C=O) groups excluding carboxylic acids is 1. The zero-order valence-electron chi connectivity index (χ0n) is 11.2. The highest BCUT2D eigenvalue weighted by atomic mass is 16.1. The van der Waals surface area contributed by atoms with Crippen molar-refractivity contribution in [2.75, 3.05) is 24.5 Å². The maximum atomic E-state index is 11.0. The summed E-state index contributed by atoms with van der Waals surface area (Å²) >= 11 is 0. The van der Waals surface area contributed by atoms with Gasteiger partial charge in [0.05, 0.1) is 6.04 Å². The summed E-state index contributed by atoms with van der Waals surface area (Å²) in [6.45, 7) is 7.06. The van der Waals surface area contributed by atoms with Crippen LogP contribution >= 0.6 is 0 Å². The van der Waals surface area contributed by atoms with E-state index in [1.54, 1.807) is 0 Å². The fourth-order valence-corrected chi connectivity index (χ4v) is 2.60. The zero-order chi connectivity index (χ0) is 13.0. The van der Waals surface area contributed by atoms with Gasteiger partial charge in [-0.15, -0.1) is 0 Å². The minimum atomic E-state index is 0.223. The number of nitrogens with zero attached hydrogens (tertiary/aromatic N) is 3. The summed E-state index contributed by atoms with van der Waals surface area (Å²) in [6.07, 6.45) is 5.00. The summed E-state index contributed by atoms with van der Waals surface area (Å²) in [6, 6.07) is 4.39. The van der Waals surface area contributed by atoms with E-state index in [1.807, 2.05) is 11.1 Å². The third kappa shape index (κ3) is 2.47. The molecule has 4 nitrogen and oxygen atoms in total. The summed E-state index contributed by atoms with van der Waals surface area (Å²) in [7, 11) is 0. The first-order valence-electron chi connectivity index (χ1n) is 6.72. The smallest absolute Gasteiger partial charge is 0.210 e. The third-order valence-electron chi connectivity index (χ3n) is 3.67. The molecule has 98 valence electrons. The molecular weight excluding hydrogens is 226 g/mol. The SMILES string of the molecule is CCN(CC)c1ccc([C@@H]2CCCN2C=O)cn1. The number of anilines is 1. The lowest BCUT2D eigenvalue weighted by atomic mass is 10.1. The van der Waals surface area contributed by atoms with Crippen molar-refractivity contribution < 1.29 is 4.79 Å². The van der Waals surface area contributed by atoms with Gasteiger partial charge in [0.1, 0.15) is 5.82 Å². The molecule has 18 heavy (non-hydrogen) atoms. The second-order valence-electron chi connectivity index (χ2n) is 4.62. The molecule has 2 heterocycles. The number of carbonyl (C=O) groups is 1. The molecule has 0 unspecified atom stereocenters. The molecule has 2 rings (SSSR count). The Morgan fingerprint density at radius 3 is 2.78 bits per heavy atom. The Kier molecular flexibility index (Phi) is 4.18. The van der Waals surface area contributed by atoms with E-state index in [-0.39, 0.29) is 6.04 Å². The first-order chi connectivity index (χ1) is 8.80. The van der Waals surface area contributed by atoms with Crippen LogP contribution in [0.2, 0.25) is 0 Å². The summed E-state index contributed by atoms with van der Waals surface area (Å²) in [5.74, 6) is 1.01. The lowest BCUT2D eigenvalue weighted by Crippen LogP contribution is -2.24. The Morgan fingerprint density at radius 1 is 1.44 bits per heavy atom. The normalized spacial score (nSPS) is 19.0. The van der Waals surface area contributed by atoms with Crippen molar-refractivity contribution in [3.05, 3.63) is 23.9 Å². The Balaban J connectivity index is 2.14. The summed E-state index contributed by atoms with van der Waals surface area (Å²) in [5.41, 5.74) is 1.15. The van der Waals surface area contributed by atoms with Crippen LogP contribution in [-0.4, -0.2) is 35.9 Å². The largest absolute Gasteiger partial charge is 0.357 e. The molecule has 1 amide bonds. The molecule has 0 bridgehead atoms. The lowest BCUT2D eigenvalue weighted by Gasteiger charge is -2.22. The molecular formula is C14H21N3O. The van der Waals surface area contributed by atoms with Crippen molar-refractivity contribution in [2.24, 2.45) is 0 Å². The molecule has 1 aromatic rings. The van der Waals surface area contributed by atoms with Crippen molar-refractivity contribution in [3.8, 4) is 0 Å². The van der Waals surface area contributed by atoms with Crippen LogP contribution < -0.4 is 4.90 Å². The van der Waals surface area contributed by atoms with Crippen molar-refractivity contribution in [3.63, 3.8) is 0 Å². The monoisotopic (exact) mass is 247 g/mol. The molecule has 1 saturated heterocycles. The van der Waals surface area contributed by atoms with E-state index in [9.17, 15) is 4.79 Å². The molecule has 0 radical (unpaired) electrons. The van der Waals surface area contributed by atoms with Gasteiger partial charge in [-0.3, -0.25) is 4.79 Å². The zero-order valence-corrected chi connectivity index (χ0v) is 11.2. The van der Waals surface area contributed by atoms with E-state index >= 15 is 0 Å². The molecule has 1 aliphatic heterocycles. The van der Waals surface area contributed by atoms with E-state index in [4.69, 9.17) is 0 Å². The van der Waals surface area contributed by atoms with Gasteiger partial charge in [0.25, 0.3) is 0 Å². The van der Waals surface area contributed by atoms with Crippen LogP contribution in [0.1, 0.15) is 38.3 Å². The Hall–Kier alpha value is -1.58. The highest BCUT2D eigenvalue weighted by Crippen LogP contribution is 2.30. The van der Waals surface area contributed by atoms with Crippen LogP contribution in [-0.2, 0) is 4.79 Å². The van der Waals surface area contributed by atoms with Crippen molar-refractivity contribution in [1.82, 2.24) is 9.88 Å². The van der Waals surface area contributed by atoms with Gasteiger partial charge in [0, 0.05) is 25.8 Å². The van der Waals surface area contributed by atoms with Crippen LogP contribution in [0.5, 0.6) is 0 Å². The molecule has 1 aliphatic rings. The number of hydrogen-bond donors (Lipinski definition) is 0. The Bertz CT molecular complexity index is 387. The standard InChI is InChI=1S/C14H21N3O/c1-3-16(4-2)14-8-7-12(10-15-14)13-6-5-9-17(13)11-18/h7-8,10-11,13H,3-6,9H2,1-2H3/t13-/m0/s1. The summed E-state index contributed by atoms with van der Waals surface area (Å²) in [5, 5.41) is 0. The van der Waals surface area contributed by atoms with Gasteiger partial charge in [-0.2, -0.15) is 0 Å². The first-order valence-corrected chi connectivity index (χ1v) is 6.72.